The molecule has 5 rings (SSSR count). The summed E-state index contributed by atoms with van der Waals surface area (Å²) in [5.74, 6) is 2.31. The molecular weight excluding hydrogens is 515 g/mol. The zero-order valence-corrected chi connectivity index (χ0v) is 21.9. The van der Waals surface area contributed by atoms with Crippen molar-refractivity contribution in [2.75, 3.05) is 37.7 Å². The number of ether oxygens (including phenoxy) is 1. The summed E-state index contributed by atoms with van der Waals surface area (Å²) in [5, 5.41) is 3.86. The SMILES string of the molecule is CCN=C(NC1C2CCOC2C1(C)C)N1CC(CCN2CCCC2=O)c2ccccc21.I. The highest BCUT2D eigenvalue weighted by Crippen LogP contribution is 2.52. The monoisotopic (exact) mass is 552 g/mol. The Morgan fingerprint density at radius 1 is 1.31 bits per heavy atom. The molecule has 0 aromatic heterocycles. The number of para-hydroxylation sites is 1. The molecule has 1 aliphatic carbocycles. The molecule has 4 atom stereocenters. The van der Waals surface area contributed by atoms with Gasteiger partial charge in [0.05, 0.1) is 6.10 Å². The fourth-order valence-corrected chi connectivity index (χ4v) is 6.31. The third kappa shape index (κ3) is 4.04. The first-order valence-corrected chi connectivity index (χ1v) is 12.1. The number of nitrogens with zero attached hydrogens (tertiary/aromatic N) is 3. The molecule has 1 aromatic carbocycles. The Bertz CT molecular complexity index is 873. The van der Waals surface area contributed by atoms with Gasteiger partial charge in [0.25, 0.3) is 0 Å². The van der Waals surface area contributed by atoms with Crippen molar-refractivity contribution in [2.24, 2.45) is 16.3 Å². The van der Waals surface area contributed by atoms with Crippen LogP contribution in [0.5, 0.6) is 0 Å². The minimum absolute atomic E-state index is 0. The van der Waals surface area contributed by atoms with E-state index in [4.69, 9.17) is 9.73 Å². The normalized spacial score (nSPS) is 30.6. The quantitative estimate of drug-likeness (QED) is 0.341. The molecule has 0 bridgehead atoms. The summed E-state index contributed by atoms with van der Waals surface area (Å²) in [6.07, 6.45) is 4.23. The smallest absolute Gasteiger partial charge is 0.222 e. The number of aliphatic imine (C=N–C) groups is 1. The van der Waals surface area contributed by atoms with Crippen LogP contribution >= 0.6 is 24.0 Å². The van der Waals surface area contributed by atoms with Crippen molar-refractivity contribution in [1.29, 1.82) is 0 Å². The summed E-state index contributed by atoms with van der Waals surface area (Å²) >= 11 is 0. The van der Waals surface area contributed by atoms with Crippen molar-refractivity contribution in [3.8, 4) is 0 Å². The highest BCUT2D eigenvalue weighted by molar-refractivity contribution is 14.0. The summed E-state index contributed by atoms with van der Waals surface area (Å²) in [6.45, 7) is 11.1. The molecule has 6 nitrogen and oxygen atoms in total. The molecule has 1 amide bonds. The van der Waals surface area contributed by atoms with E-state index < -0.39 is 0 Å². The zero-order chi connectivity index (χ0) is 21.6. The number of anilines is 1. The number of hydrogen-bond donors (Lipinski definition) is 1. The van der Waals surface area contributed by atoms with Crippen molar-refractivity contribution in [1.82, 2.24) is 10.2 Å². The van der Waals surface area contributed by atoms with E-state index in [1.807, 2.05) is 4.90 Å². The lowest BCUT2D eigenvalue weighted by Gasteiger charge is -2.55. The first kappa shape index (κ1) is 23.8. The van der Waals surface area contributed by atoms with Crippen molar-refractivity contribution < 1.29 is 9.53 Å². The number of nitrogens with one attached hydrogen (secondary N) is 1. The number of carbonyl (C=O) groups is 1. The fourth-order valence-electron chi connectivity index (χ4n) is 6.31. The van der Waals surface area contributed by atoms with Crippen LogP contribution in [0.3, 0.4) is 0 Å². The maximum Gasteiger partial charge on any atom is 0.222 e. The lowest BCUT2D eigenvalue weighted by Crippen LogP contribution is -2.68. The van der Waals surface area contributed by atoms with Gasteiger partial charge in [0.1, 0.15) is 0 Å². The molecule has 0 spiro atoms. The predicted octanol–water partition coefficient (Wildman–Crippen LogP) is 4.00. The second kappa shape index (κ2) is 9.49. The molecular formula is C25H37IN4O2. The number of rotatable bonds is 5. The van der Waals surface area contributed by atoms with Crippen LogP contribution in [0.25, 0.3) is 0 Å². The van der Waals surface area contributed by atoms with E-state index in [-0.39, 0.29) is 29.4 Å². The lowest BCUT2D eigenvalue weighted by atomic mass is 9.57. The molecule has 32 heavy (non-hydrogen) atoms. The molecule has 0 radical (unpaired) electrons. The van der Waals surface area contributed by atoms with E-state index in [1.165, 1.54) is 11.3 Å². The standard InChI is InChI=1S/C25H36N4O2.HI/c1-4-26-24(27-22-19-12-15-31-23(19)25(22,2)3)29-16-17(18-8-5-6-9-20(18)29)11-14-28-13-7-10-21(28)30;/h5-6,8-9,17,19,22-23H,4,7,10-16H2,1-3H3,(H,26,27);1H. The van der Waals surface area contributed by atoms with E-state index >= 15 is 0 Å². The van der Waals surface area contributed by atoms with Gasteiger partial charge in [-0.1, -0.05) is 32.0 Å². The molecule has 1 saturated carbocycles. The van der Waals surface area contributed by atoms with Gasteiger partial charge in [0, 0.05) is 68.2 Å². The number of amides is 1. The second-order valence-corrected chi connectivity index (χ2v) is 10.1. The number of carbonyl (C=O) groups excluding carboxylic acids is 1. The number of likely N-dealkylation sites (tertiary alicyclic amines) is 1. The van der Waals surface area contributed by atoms with Crippen LogP contribution in [0.4, 0.5) is 5.69 Å². The van der Waals surface area contributed by atoms with Crippen LogP contribution in [0.1, 0.15) is 57.9 Å². The maximum atomic E-state index is 12.1. The molecule has 3 heterocycles. The summed E-state index contributed by atoms with van der Waals surface area (Å²) < 4.78 is 6.00. The van der Waals surface area contributed by atoms with E-state index in [1.54, 1.807) is 0 Å². The number of hydrogen-bond acceptors (Lipinski definition) is 3. The summed E-state index contributed by atoms with van der Waals surface area (Å²) in [6, 6.07) is 9.12. The Morgan fingerprint density at radius 3 is 2.88 bits per heavy atom. The Kier molecular flexibility index (Phi) is 7.05. The van der Waals surface area contributed by atoms with Crippen molar-refractivity contribution in [2.45, 2.75) is 64.5 Å². The van der Waals surface area contributed by atoms with Crippen molar-refractivity contribution >= 4 is 41.5 Å². The van der Waals surface area contributed by atoms with Gasteiger partial charge in [-0.05, 0) is 37.8 Å². The predicted molar refractivity (Wildman–Crippen MR) is 139 cm³/mol. The third-order valence-corrected chi connectivity index (χ3v) is 7.94. The molecule has 176 valence electrons. The fraction of sp³-hybridized carbons (Fsp3) is 0.680. The molecule has 2 saturated heterocycles. The Labute approximate surface area is 209 Å². The highest BCUT2D eigenvalue weighted by Gasteiger charge is 2.59. The third-order valence-electron chi connectivity index (χ3n) is 7.94. The first-order chi connectivity index (χ1) is 15.0. The zero-order valence-electron chi connectivity index (χ0n) is 19.5. The van der Waals surface area contributed by atoms with Crippen LogP contribution in [-0.2, 0) is 9.53 Å². The van der Waals surface area contributed by atoms with Crippen LogP contribution in [0.2, 0.25) is 0 Å². The van der Waals surface area contributed by atoms with Gasteiger partial charge in [-0.25, -0.2) is 0 Å². The van der Waals surface area contributed by atoms with E-state index in [9.17, 15) is 4.79 Å². The highest BCUT2D eigenvalue weighted by atomic mass is 127. The van der Waals surface area contributed by atoms with Gasteiger partial charge in [-0.2, -0.15) is 0 Å². The summed E-state index contributed by atoms with van der Waals surface area (Å²) in [4.78, 5) is 21.4. The van der Waals surface area contributed by atoms with Crippen LogP contribution < -0.4 is 10.2 Å². The number of benzene rings is 1. The molecule has 3 aliphatic heterocycles. The van der Waals surface area contributed by atoms with E-state index in [0.717, 1.165) is 58.0 Å². The number of halogens is 1. The average molecular weight is 553 g/mol. The summed E-state index contributed by atoms with van der Waals surface area (Å²) in [5.41, 5.74) is 2.76. The number of fused-ring (bicyclic) bond motifs is 2. The summed E-state index contributed by atoms with van der Waals surface area (Å²) in [7, 11) is 0. The van der Waals surface area contributed by atoms with Crippen LogP contribution in [-0.4, -0.2) is 61.7 Å². The van der Waals surface area contributed by atoms with E-state index in [2.05, 4.69) is 55.3 Å². The van der Waals surface area contributed by atoms with Gasteiger partial charge in [-0.3, -0.25) is 9.79 Å². The first-order valence-electron chi connectivity index (χ1n) is 12.1. The van der Waals surface area contributed by atoms with Gasteiger partial charge >= 0.3 is 0 Å². The van der Waals surface area contributed by atoms with Crippen molar-refractivity contribution in [3.63, 3.8) is 0 Å². The molecule has 1 aromatic rings. The number of guanidine groups is 1. The molecule has 3 fully saturated rings. The largest absolute Gasteiger partial charge is 0.377 e. The molecule has 7 heteroatoms. The van der Waals surface area contributed by atoms with Gasteiger partial charge in [0.2, 0.25) is 5.91 Å². The molecule has 4 aliphatic rings. The maximum absolute atomic E-state index is 12.1. The molecule has 1 N–H and O–H groups in total. The second-order valence-electron chi connectivity index (χ2n) is 10.1. The van der Waals surface area contributed by atoms with Gasteiger partial charge in [-0.15, -0.1) is 24.0 Å². The van der Waals surface area contributed by atoms with E-state index in [0.29, 0.717) is 36.3 Å². The topological polar surface area (TPSA) is 57.2 Å². The molecule has 4 unspecified atom stereocenters. The average Bonchev–Trinajstić information content (AvgIpc) is 3.47. The van der Waals surface area contributed by atoms with Gasteiger partial charge in [0.15, 0.2) is 5.96 Å². The van der Waals surface area contributed by atoms with Gasteiger partial charge < -0.3 is 19.9 Å². The lowest BCUT2D eigenvalue weighted by molar-refractivity contribution is -0.127. The van der Waals surface area contributed by atoms with Crippen LogP contribution in [0, 0.1) is 11.3 Å². The minimum Gasteiger partial charge on any atom is -0.377 e. The Hall–Kier alpha value is -1.35. The Balaban J connectivity index is 0.00000245. The van der Waals surface area contributed by atoms with Crippen molar-refractivity contribution in [3.05, 3.63) is 29.8 Å². The minimum atomic E-state index is 0. The van der Waals surface area contributed by atoms with Crippen LogP contribution in [0.15, 0.2) is 29.3 Å². The Morgan fingerprint density at radius 2 is 2.12 bits per heavy atom.